The minimum atomic E-state index is -0.334. The van der Waals surface area contributed by atoms with Crippen LogP contribution in [0.15, 0.2) is 40.3 Å². The summed E-state index contributed by atoms with van der Waals surface area (Å²) in [5.74, 6) is 0.0985. The monoisotopic (exact) mass is 290 g/mol. The number of nitrogen functional groups attached to an aromatic ring is 1. The smallest absolute Gasteiger partial charge is 0.253 e. The first-order valence-corrected chi connectivity index (χ1v) is 6.87. The standard InChI is InChI=1S/C13H14N4O2S/c1-8-3-2-4-9(5-8)15-12(19)7-20-13-16-10(14)6-11(18)17-13/h2-6H,7H2,1H3,(H,15,19)(H3,14,16,17,18). The highest BCUT2D eigenvalue weighted by Crippen LogP contribution is 2.14. The number of aryl methyl sites for hydroxylation is 1. The molecule has 0 atom stereocenters. The quantitative estimate of drug-likeness (QED) is 0.583. The van der Waals surface area contributed by atoms with Crippen LogP contribution >= 0.6 is 11.8 Å². The number of nitrogens with one attached hydrogen (secondary N) is 2. The molecule has 7 heteroatoms. The van der Waals surface area contributed by atoms with E-state index in [9.17, 15) is 9.59 Å². The summed E-state index contributed by atoms with van der Waals surface area (Å²) in [6.07, 6.45) is 0. The van der Waals surface area contributed by atoms with Crippen molar-refractivity contribution in [3.8, 4) is 0 Å². The molecule has 104 valence electrons. The van der Waals surface area contributed by atoms with Crippen LogP contribution in [0.1, 0.15) is 5.56 Å². The Bertz CT molecular complexity index is 684. The van der Waals surface area contributed by atoms with E-state index in [0.29, 0.717) is 5.16 Å². The molecule has 0 aliphatic heterocycles. The van der Waals surface area contributed by atoms with Gasteiger partial charge in [0, 0.05) is 11.8 Å². The lowest BCUT2D eigenvalue weighted by molar-refractivity contribution is -0.113. The molecule has 6 nitrogen and oxygen atoms in total. The van der Waals surface area contributed by atoms with Gasteiger partial charge in [-0.1, -0.05) is 23.9 Å². The van der Waals surface area contributed by atoms with Gasteiger partial charge in [0.1, 0.15) is 5.82 Å². The maximum Gasteiger partial charge on any atom is 0.253 e. The Labute approximate surface area is 119 Å². The third-order valence-corrected chi connectivity index (χ3v) is 3.25. The van der Waals surface area contributed by atoms with Crippen LogP contribution in [0.4, 0.5) is 11.5 Å². The van der Waals surface area contributed by atoms with Gasteiger partial charge >= 0.3 is 0 Å². The van der Waals surface area contributed by atoms with Crippen molar-refractivity contribution in [1.29, 1.82) is 0 Å². The van der Waals surface area contributed by atoms with Crippen LogP contribution in [0.5, 0.6) is 0 Å². The number of nitrogens with zero attached hydrogens (tertiary/aromatic N) is 1. The first-order chi connectivity index (χ1) is 9.52. The van der Waals surface area contributed by atoms with Crippen molar-refractivity contribution < 1.29 is 4.79 Å². The van der Waals surface area contributed by atoms with Crippen LogP contribution in [0.3, 0.4) is 0 Å². The molecular formula is C13H14N4O2S. The zero-order chi connectivity index (χ0) is 14.5. The number of amides is 1. The number of hydrogen-bond donors (Lipinski definition) is 3. The molecule has 2 rings (SSSR count). The largest absolute Gasteiger partial charge is 0.383 e. The average Bonchev–Trinajstić information content (AvgIpc) is 2.35. The van der Waals surface area contributed by atoms with E-state index in [4.69, 9.17) is 5.73 Å². The zero-order valence-corrected chi connectivity index (χ0v) is 11.7. The van der Waals surface area contributed by atoms with Crippen molar-refractivity contribution in [2.45, 2.75) is 12.1 Å². The Morgan fingerprint density at radius 3 is 2.95 bits per heavy atom. The summed E-state index contributed by atoms with van der Waals surface area (Å²) in [4.78, 5) is 29.4. The molecule has 0 unspecified atom stereocenters. The van der Waals surface area contributed by atoms with E-state index in [-0.39, 0.29) is 23.0 Å². The Balaban J connectivity index is 1.93. The second-order valence-electron chi connectivity index (χ2n) is 4.18. The zero-order valence-electron chi connectivity index (χ0n) is 10.8. The van der Waals surface area contributed by atoms with Gasteiger partial charge in [-0.15, -0.1) is 0 Å². The van der Waals surface area contributed by atoms with Crippen molar-refractivity contribution >= 4 is 29.2 Å². The van der Waals surface area contributed by atoms with E-state index in [1.807, 2.05) is 31.2 Å². The fraction of sp³-hybridized carbons (Fsp3) is 0.154. The molecule has 1 amide bonds. The highest BCUT2D eigenvalue weighted by atomic mass is 32.2. The molecule has 1 aromatic heterocycles. The van der Waals surface area contributed by atoms with Crippen LogP contribution in [0, 0.1) is 6.92 Å². The molecule has 1 heterocycles. The molecule has 0 radical (unpaired) electrons. The van der Waals surface area contributed by atoms with Gasteiger partial charge in [-0.05, 0) is 24.6 Å². The number of benzene rings is 1. The van der Waals surface area contributed by atoms with Crippen LogP contribution in [-0.4, -0.2) is 21.6 Å². The molecule has 0 aliphatic carbocycles. The second kappa shape index (κ2) is 6.25. The van der Waals surface area contributed by atoms with Gasteiger partial charge in [-0.3, -0.25) is 9.59 Å². The molecule has 0 aliphatic rings. The molecule has 0 spiro atoms. The maximum atomic E-state index is 11.8. The highest BCUT2D eigenvalue weighted by Gasteiger charge is 2.06. The third-order valence-electron chi connectivity index (χ3n) is 2.38. The van der Waals surface area contributed by atoms with Gasteiger partial charge < -0.3 is 16.0 Å². The Morgan fingerprint density at radius 2 is 2.25 bits per heavy atom. The molecule has 20 heavy (non-hydrogen) atoms. The lowest BCUT2D eigenvalue weighted by Crippen LogP contribution is -2.15. The first-order valence-electron chi connectivity index (χ1n) is 5.89. The molecule has 2 aromatic rings. The number of hydrogen-bond acceptors (Lipinski definition) is 5. The summed E-state index contributed by atoms with van der Waals surface area (Å²) in [7, 11) is 0. The summed E-state index contributed by atoms with van der Waals surface area (Å²) < 4.78 is 0. The lowest BCUT2D eigenvalue weighted by Gasteiger charge is -2.05. The average molecular weight is 290 g/mol. The molecule has 0 fully saturated rings. The fourth-order valence-corrected chi connectivity index (χ4v) is 2.26. The van der Waals surface area contributed by atoms with Gasteiger partial charge in [-0.25, -0.2) is 4.98 Å². The third kappa shape index (κ3) is 4.13. The van der Waals surface area contributed by atoms with Crippen molar-refractivity contribution in [1.82, 2.24) is 9.97 Å². The molecule has 0 saturated carbocycles. The Hall–Kier alpha value is -2.28. The van der Waals surface area contributed by atoms with E-state index in [1.54, 1.807) is 0 Å². The van der Waals surface area contributed by atoms with Crippen molar-refractivity contribution in [3.05, 3.63) is 46.2 Å². The van der Waals surface area contributed by atoms with Crippen LogP contribution < -0.4 is 16.6 Å². The minimum Gasteiger partial charge on any atom is -0.383 e. The van der Waals surface area contributed by atoms with E-state index >= 15 is 0 Å². The number of aromatic nitrogens is 2. The number of carbonyl (C=O) groups is 1. The van der Waals surface area contributed by atoms with Crippen LogP contribution in [-0.2, 0) is 4.79 Å². The summed E-state index contributed by atoms with van der Waals surface area (Å²) >= 11 is 1.12. The van der Waals surface area contributed by atoms with Gasteiger partial charge in [0.25, 0.3) is 5.56 Å². The number of anilines is 2. The topological polar surface area (TPSA) is 101 Å². The van der Waals surface area contributed by atoms with E-state index in [2.05, 4.69) is 15.3 Å². The predicted molar refractivity (Wildman–Crippen MR) is 79.8 cm³/mol. The predicted octanol–water partition coefficient (Wildman–Crippen LogP) is 1.39. The second-order valence-corrected chi connectivity index (χ2v) is 5.15. The first kappa shape index (κ1) is 14.1. The summed E-state index contributed by atoms with van der Waals surface area (Å²) in [5, 5.41) is 3.10. The molecule has 1 aromatic carbocycles. The van der Waals surface area contributed by atoms with Crippen molar-refractivity contribution in [2.75, 3.05) is 16.8 Å². The van der Waals surface area contributed by atoms with Crippen molar-refractivity contribution in [2.24, 2.45) is 0 Å². The normalized spacial score (nSPS) is 10.2. The number of carbonyl (C=O) groups excluding carboxylic acids is 1. The molecule has 4 N–H and O–H groups in total. The summed E-state index contributed by atoms with van der Waals surface area (Å²) in [6, 6.07) is 8.71. The fourth-order valence-electron chi connectivity index (χ4n) is 1.58. The van der Waals surface area contributed by atoms with Gasteiger partial charge in [0.15, 0.2) is 5.16 Å². The van der Waals surface area contributed by atoms with Crippen LogP contribution in [0.25, 0.3) is 0 Å². The van der Waals surface area contributed by atoms with E-state index < -0.39 is 0 Å². The van der Waals surface area contributed by atoms with E-state index in [0.717, 1.165) is 23.0 Å². The maximum absolute atomic E-state index is 11.8. The van der Waals surface area contributed by atoms with E-state index in [1.165, 1.54) is 6.07 Å². The number of H-pyrrole nitrogens is 1. The SMILES string of the molecule is Cc1cccc(NC(=O)CSc2nc(N)cc(=O)[nH]2)c1. The Morgan fingerprint density at radius 1 is 1.45 bits per heavy atom. The Kier molecular flexibility index (Phi) is 4.41. The minimum absolute atomic E-state index is 0.135. The number of aromatic amines is 1. The molecular weight excluding hydrogens is 276 g/mol. The molecule has 0 bridgehead atoms. The summed E-state index contributed by atoms with van der Waals surface area (Å²) in [5.41, 5.74) is 6.93. The van der Waals surface area contributed by atoms with Gasteiger partial charge in [-0.2, -0.15) is 0 Å². The highest BCUT2D eigenvalue weighted by molar-refractivity contribution is 7.99. The lowest BCUT2D eigenvalue weighted by atomic mass is 10.2. The summed E-state index contributed by atoms with van der Waals surface area (Å²) in [6.45, 7) is 1.95. The van der Waals surface area contributed by atoms with Crippen molar-refractivity contribution in [3.63, 3.8) is 0 Å². The van der Waals surface area contributed by atoms with Gasteiger partial charge in [0.05, 0.1) is 5.75 Å². The number of nitrogens with two attached hydrogens (primary N) is 1. The van der Waals surface area contributed by atoms with Crippen LogP contribution in [0.2, 0.25) is 0 Å². The number of rotatable bonds is 4. The number of thioether (sulfide) groups is 1. The molecule has 0 saturated heterocycles. The van der Waals surface area contributed by atoms with Gasteiger partial charge in [0.2, 0.25) is 5.91 Å².